The molecule has 0 fully saturated rings. The molecule has 0 aliphatic heterocycles. The number of hydrazine groups is 1. The summed E-state index contributed by atoms with van der Waals surface area (Å²) in [6.45, 7) is 6.32. The van der Waals surface area contributed by atoms with Crippen LogP contribution < -0.4 is 11.3 Å². The molecule has 2 rings (SSSR count). The molecular weight excluding hydrogens is 312 g/mol. The minimum Gasteiger partial charge on any atom is -0.270 e. The molecule has 0 aromatic carbocycles. The number of halogens is 1. The highest BCUT2D eigenvalue weighted by Crippen LogP contribution is 2.33. The highest BCUT2D eigenvalue weighted by Gasteiger charge is 2.24. The van der Waals surface area contributed by atoms with Crippen molar-refractivity contribution in [3.8, 4) is 0 Å². The molecular formula is C12H17BrN4S. The van der Waals surface area contributed by atoms with E-state index in [-0.39, 0.29) is 6.04 Å². The van der Waals surface area contributed by atoms with Gasteiger partial charge in [0.2, 0.25) is 0 Å². The standard InChI is InChI=1S/C12H17BrN4S/c1-7(2)17-11(9(13)6-15-17)10(16-14)12-8(3)4-5-18-12/h4-7,10,16H,14H2,1-3H3. The van der Waals surface area contributed by atoms with E-state index < -0.39 is 0 Å². The zero-order valence-corrected chi connectivity index (χ0v) is 13.0. The van der Waals surface area contributed by atoms with Gasteiger partial charge in [0.25, 0.3) is 0 Å². The van der Waals surface area contributed by atoms with Crippen molar-refractivity contribution < 1.29 is 0 Å². The molecule has 1 unspecified atom stereocenters. The van der Waals surface area contributed by atoms with Crippen molar-refractivity contribution in [3.63, 3.8) is 0 Å². The fourth-order valence-electron chi connectivity index (χ4n) is 1.99. The van der Waals surface area contributed by atoms with Gasteiger partial charge in [-0.25, -0.2) is 5.43 Å². The molecule has 1 atom stereocenters. The molecule has 4 nitrogen and oxygen atoms in total. The second-order valence-corrected chi connectivity index (χ2v) is 6.29. The van der Waals surface area contributed by atoms with Crippen LogP contribution in [-0.4, -0.2) is 9.78 Å². The Labute approximate surface area is 119 Å². The summed E-state index contributed by atoms with van der Waals surface area (Å²) in [6, 6.07) is 2.36. The normalized spacial score (nSPS) is 13.2. The van der Waals surface area contributed by atoms with E-state index >= 15 is 0 Å². The van der Waals surface area contributed by atoms with Crippen LogP contribution in [0.4, 0.5) is 0 Å². The maximum Gasteiger partial charge on any atom is 0.0984 e. The van der Waals surface area contributed by atoms with Gasteiger partial charge in [0.15, 0.2) is 0 Å². The minimum atomic E-state index is -0.0377. The van der Waals surface area contributed by atoms with Crippen LogP contribution in [0.1, 0.15) is 42.1 Å². The first kappa shape index (κ1) is 13.7. The average molecular weight is 329 g/mol. The van der Waals surface area contributed by atoms with Crippen molar-refractivity contribution in [2.45, 2.75) is 32.9 Å². The third-order valence-corrected chi connectivity index (χ3v) is 4.57. The van der Waals surface area contributed by atoms with Gasteiger partial charge in [0.05, 0.1) is 22.4 Å². The molecule has 0 spiro atoms. The Morgan fingerprint density at radius 3 is 2.72 bits per heavy atom. The molecule has 0 saturated carbocycles. The van der Waals surface area contributed by atoms with E-state index in [4.69, 9.17) is 5.84 Å². The monoisotopic (exact) mass is 328 g/mol. The molecule has 0 amide bonds. The van der Waals surface area contributed by atoms with E-state index in [2.05, 4.69) is 58.7 Å². The first-order valence-corrected chi connectivity index (χ1v) is 7.46. The topological polar surface area (TPSA) is 55.9 Å². The van der Waals surface area contributed by atoms with E-state index in [1.165, 1.54) is 10.4 Å². The number of nitrogens with one attached hydrogen (secondary N) is 1. The molecule has 0 aliphatic rings. The van der Waals surface area contributed by atoms with Crippen LogP contribution in [0.15, 0.2) is 22.1 Å². The quantitative estimate of drug-likeness (QED) is 0.669. The number of aromatic nitrogens is 2. The average Bonchev–Trinajstić information content (AvgIpc) is 2.89. The van der Waals surface area contributed by atoms with E-state index in [0.717, 1.165) is 10.2 Å². The number of thiophene rings is 1. The Bertz CT molecular complexity index is 532. The number of nitrogens with two attached hydrogens (primary N) is 1. The highest BCUT2D eigenvalue weighted by atomic mass is 79.9. The minimum absolute atomic E-state index is 0.0377. The summed E-state index contributed by atoms with van der Waals surface area (Å²) in [7, 11) is 0. The third-order valence-electron chi connectivity index (χ3n) is 2.88. The molecule has 2 aromatic rings. The molecule has 0 saturated heterocycles. The van der Waals surface area contributed by atoms with Crippen LogP contribution in [0.25, 0.3) is 0 Å². The fourth-order valence-corrected chi connectivity index (χ4v) is 3.48. The van der Waals surface area contributed by atoms with Gasteiger partial charge in [-0.3, -0.25) is 10.5 Å². The molecule has 2 heterocycles. The van der Waals surface area contributed by atoms with Crippen molar-refractivity contribution in [1.29, 1.82) is 0 Å². The molecule has 6 heteroatoms. The highest BCUT2D eigenvalue weighted by molar-refractivity contribution is 9.10. The summed E-state index contributed by atoms with van der Waals surface area (Å²) in [5.41, 5.74) is 5.21. The second kappa shape index (κ2) is 5.52. The Kier molecular flexibility index (Phi) is 4.21. The molecule has 3 N–H and O–H groups in total. The molecule has 98 valence electrons. The predicted octanol–water partition coefficient (Wildman–Crippen LogP) is 3.15. The lowest BCUT2D eigenvalue weighted by Crippen LogP contribution is -2.31. The van der Waals surface area contributed by atoms with Crippen molar-refractivity contribution in [2.24, 2.45) is 5.84 Å². The lowest BCUT2D eigenvalue weighted by atomic mass is 10.1. The van der Waals surface area contributed by atoms with E-state index in [0.29, 0.717) is 6.04 Å². The van der Waals surface area contributed by atoms with Gasteiger partial charge >= 0.3 is 0 Å². The lowest BCUT2D eigenvalue weighted by Gasteiger charge is -2.20. The van der Waals surface area contributed by atoms with E-state index in [1.54, 1.807) is 11.3 Å². The van der Waals surface area contributed by atoms with Crippen LogP contribution in [0.5, 0.6) is 0 Å². The van der Waals surface area contributed by atoms with Crippen molar-refractivity contribution in [1.82, 2.24) is 15.2 Å². The number of hydrogen-bond donors (Lipinski definition) is 2. The van der Waals surface area contributed by atoms with Gasteiger partial charge in [-0.2, -0.15) is 5.10 Å². The van der Waals surface area contributed by atoms with E-state index in [1.807, 2.05) is 10.9 Å². The molecule has 2 aromatic heterocycles. The van der Waals surface area contributed by atoms with Gasteiger partial charge in [0.1, 0.15) is 0 Å². The van der Waals surface area contributed by atoms with Gasteiger partial charge in [-0.1, -0.05) is 0 Å². The predicted molar refractivity (Wildman–Crippen MR) is 78.5 cm³/mol. The summed E-state index contributed by atoms with van der Waals surface area (Å²) in [5, 5.41) is 6.48. The molecule has 18 heavy (non-hydrogen) atoms. The number of aryl methyl sites for hydroxylation is 1. The van der Waals surface area contributed by atoms with Crippen LogP contribution in [0.3, 0.4) is 0 Å². The lowest BCUT2D eigenvalue weighted by molar-refractivity contribution is 0.477. The Morgan fingerprint density at radius 2 is 2.22 bits per heavy atom. The zero-order valence-electron chi connectivity index (χ0n) is 10.6. The molecule has 0 bridgehead atoms. The first-order valence-electron chi connectivity index (χ1n) is 5.79. The Balaban J connectivity index is 2.52. The van der Waals surface area contributed by atoms with Crippen molar-refractivity contribution >= 4 is 27.3 Å². The van der Waals surface area contributed by atoms with Crippen LogP contribution >= 0.6 is 27.3 Å². The maximum absolute atomic E-state index is 5.76. The van der Waals surface area contributed by atoms with Crippen molar-refractivity contribution in [3.05, 3.63) is 38.3 Å². The SMILES string of the molecule is Cc1ccsc1C(NN)c1c(Br)cnn1C(C)C. The Hall–Kier alpha value is -0.690. The number of nitrogens with zero attached hydrogens (tertiary/aromatic N) is 2. The summed E-state index contributed by atoms with van der Waals surface area (Å²) >= 11 is 5.27. The van der Waals surface area contributed by atoms with Crippen LogP contribution in [-0.2, 0) is 0 Å². The number of rotatable bonds is 4. The smallest absolute Gasteiger partial charge is 0.0984 e. The summed E-state index contributed by atoms with van der Waals surface area (Å²) in [4.78, 5) is 1.22. The van der Waals surface area contributed by atoms with Crippen LogP contribution in [0, 0.1) is 6.92 Å². The fraction of sp³-hybridized carbons (Fsp3) is 0.417. The van der Waals surface area contributed by atoms with Gasteiger partial charge < -0.3 is 0 Å². The second-order valence-electron chi connectivity index (χ2n) is 4.48. The Morgan fingerprint density at radius 1 is 1.50 bits per heavy atom. The van der Waals surface area contributed by atoms with Crippen LogP contribution in [0.2, 0.25) is 0 Å². The van der Waals surface area contributed by atoms with Crippen molar-refractivity contribution in [2.75, 3.05) is 0 Å². The first-order chi connectivity index (χ1) is 8.56. The third kappa shape index (κ3) is 2.38. The van der Waals surface area contributed by atoms with Gasteiger partial charge in [-0.05, 0) is 53.7 Å². The summed E-state index contributed by atoms with van der Waals surface area (Å²) in [5.74, 6) is 5.76. The summed E-state index contributed by atoms with van der Waals surface area (Å²) in [6.07, 6.45) is 1.82. The summed E-state index contributed by atoms with van der Waals surface area (Å²) < 4.78 is 2.97. The molecule has 0 aliphatic carbocycles. The zero-order chi connectivity index (χ0) is 13.3. The van der Waals surface area contributed by atoms with Gasteiger partial charge in [0, 0.05) is 10.9 Å². The number of hydrogen-bond acceptors (Lipinski definition) is 4. The molecule has 0 radical (unpaired) electrons. The van der Waals surface area contributed by atoms with Gasteiger partial charge in [-0.15, -0.1) is 11.3 Å². The van der Waals surface area contributed by atoms with E-state index in [9.17, 15) is 0 Å². The maximum atomic E-state index is 5.76. The largest absolute Gasteiger partial charge is 0.270 e.